The normalized spacial score (nSPS) is 24.4. The Morgan fingerprint density at radius 3 is 2.63 bits per heavy atom. The number of rotatable bonds is 4. The highest BCUT2D eigenvalue weighted by Gasteiger charge is 2.22. The van der Waals surface area contributed by atoms with E-state index in [9.17, 15) is 0 Å². The van der Waals surface area contributed by atoms with Crippen LogP contribution in [0.4, 0.5) is 0 Å². The van der Waals surface area contributed by atoms with Crippen LogP contribution >= 0.6 is 0 Å². The van der Waals surface area contributed by atoms with Crippen molar-refractivity contribution in [1.29, 1.82) is 0 Å². The van der Waals surface area contributed by atoms with Gasteiger partial charge < -0.3 is 10.5 Å². The summed E-state index contributed by atoms with van der Waals surface area (Å²) >= 11 is 0. The molecule has 1 aromatic rings. The molecule has 2 atom stereocenters. The molecule has 0 aliphatic carbocycles. The van der Waals surface area contributed by atoms with Crippen molar-refractivity contribution in [1.82, 2.24) is 4.90 Å². The summed E-state index contributed by atoms with van der Waals surface area (Å²) in [6, 6.07) is 6.65. The lowest BCUT2D eigenvalue weighted by Crippen LogP contribution is -2.46. The van der Waals surface area contributed by atoms with Crippen LogP contribution in [0.25, 0.3) is 0 Å². The van der Waals surface area contributed by atoms with Gasteiger partial charge in [0.2, 0.25) is 0 Å². The second kappa shape index (κ2) is 6.40. The molecule has 0 aromatic heterocycles. The number of nitrogens with zero attached hydrogens (tertiary/aromatic N) is 1. The molecule has 3 nitrogen and oxygen atoms in total. The first-order valence-electron chi connectivity index (χ1n) is 7.25. The quantitative estimate of drug-likeness (QED) is 0.905. The largest absolute Gasteiger partial charge is 0.492 e. The predicted molar refractivity (Wildman–Crippen MR) is 79.6 cm³/mol. The Morgan fingerprint density at radius 2 is 2.00 bits per heavy atom. The number of aryl methyl sites for hydroxylation is 2. The molecule has 106 valence electrons. The molecular formula is C16H26N2O. The number of likely N-dealkylation sites (tertiary alicyclic amines) is 1. The molecular weight excluding hydrogens is 236 g/mol. The summed E-state index contributed by atoms with van der Waals surface area (Å²) in [5.74, 6) is 1.64. The van der Waals surface area contributed by atoms with Crippen LogP contribution in [-0.2, 0) is 0 Å². The van der Waals surface area contributed by atoms with E-state index in [2.05, 4.69) is 43.9 Å². The molecule has 0 spiro atoms. The molecule has 2 unspecified atom stereocenters. The predicted octanol–water partition coefficient (Wildman–Crippen LogP) is 2.35. The SMILES string of the molecule is Cc1cccc(C)c1OCCN1CCC(N)C(C)C1. The molecule has 1 aliphatic rings. The molecule has 1 heterocycles. The Bertz CT molecular complexity index is 399. The third-order valence-corrected chi connectivity index (χ3v) is 4.12. The average Bonchev–Trinajstić information content (AvgIpc) is 2.37. The van der Waals surface area contributed by atoms with E-state index in [4.69, 9.17) is 10.5 Å². The second-order valence-corrected chi connectivity index (χ2v) is 5.80. The maximum Gasteiger partial charge on any atom is 0.125 e. The minimum Gasteiger partial charge on any atom is -0.492 e. The summed E-state index contributed by atoms with van der Waals surface area (Å²) in [6.45, 7) is 10.4. The first-order valence-corrected chi connectivity index (χ1v) is 7.25. The van der Waals surface area contributed by atoms with Crippen molar-refractivity contribution < 1.29 is 4.74 Å². The number of benzene rings is 1. The lowest BCUT2D eigenvalue weighted by molar-refractivity contribution is 0.139. The van der Waals surface area contributed by atoms with E-state index < -0.39 is 0 Å². The smallest absolute Gasteiger partial charge is 0.125 e. The van der Waals surface area contributed by atoms with E-state index in [0.717, 1.165) is 38.4 Å². The van der Waals surface area contributed by atoms with Gasteiger partial charge in [0.25, 0.3) is 0 Å². The zero-order valence-electron chi connectivity index (χ0n) is 12.4. The van der Waals surface area contributed by atoms with Crippen molar-refractivity contribution in [3.05, 3.63) is 29.3 Å². The van der Waals surface area contributed by atoms with Gasteiger partial charge in [0, 0.05) is 19.1 Å². The van der Waals surface area contributed by atoms with Gasteiger partial charge in [0.05, 0.1) is 0 Å². The minimum atomic E-state index is 0.371. The van der Waals surface area contributed by atoms with Crippen LogP contribution in [0.5, 0.6) is 5.75 Å². The summed E-state index contributed by atoms with van der Waals surface area (Å²) in [4.78, 5) is 2.46. The lowest BCUT2D eigenvalue weighted by atomic mass is 9.95. The summed E-state index contributed by atoms with van der Waals surface area (Å²) in [7, 11) is 0. The van der Waals surface area contributed by atoms with Gasteiger partial charge in [-0.1, -0.05) is 25.1 Å². The topological polar surface area (TPSA) is 38.5 Å². The molecule has 19 heavy (non-hydrogen) atoms. The van der Waals surface area contributed by atoms with Crippen LogP contribution < -0.4 is 10.5 Å². The van der Waals surface area contributed by atoms with E-state index in [1.807, 2.05) is 0 Å². The Balaban J connectivity index is 1.81. The van der Waals surface area contributed by atoms with Gasteiger partial charge in [0.1, 0.15) is 12.4 Å². The van der Waals surface area contributed by atoms with Crippen molar-refractivity contribution in [2.45, 2.75) is 33.2 Å². The van der Waals surface area contributed by atoms with Crippen LogP contribution in [-0.4, -0.2) is 37.2 Å². The third kappa shape index (κ3) is 3.71. The molecule has 1 fully saturated rings. The number of hydrogen-bond donors (Lipinski definition) is 1. The van der Waals surface area contributed by atoms with Crippen LogP contribution in [0.2, 0.25) is 0 Å². The molecule has 1 aliphatic heterocycles. The highest BCUT2D eigenvalue weighted by molar-refractivity contribution is 5.39. The van der Waals surface area contributed by atoms with Gasteiger partial charge in [-0.2, -0.15) is 0 Å². The van der Waals surface area contributed by atoms with Gasteiger partial charge in [-0.3, -0.25) is 4.90 Å². The van der Waals surface area contributed by atoms with E-state index in [1.54, 1.807) is 0 Å². The number of nitrogens with two attached hydrogens (primary N) is 1. The fraction of sp³-hybridized carbons (Fsp3) is 0.625. The lowest BCUT2D eigenvalue weighted by Gasteiger charge is -2.34. The van der Waals surface area contributed by atoms with Crippen LogP contribution in [0.3, 0.4) is 0 Å². The number of para-hydroxylation sites is 1. The highest BCUT2D eigenvalue weighted by Crippen LogP contribution is 2.22. The van der Waals surface area contributed by atoms with E-state index >= 15 is 0 Å². The van der Waals surface area contributed by atoms with Crippen LogP contribution in [0, 0.1) is 19.8 Å². The number of piperidine rings is 1. The van der Waals surface area contributed by atoms with Crippen molar-refractivity contribution in [3.63, 3.8) is 0 Å². The van der Waals surface area contributed by atoms with Crippen molar-refractivity contribution in [2.75, 3.05) is 26.2 Å². The standard InChI is InChI=1S/C16H26N2O/c1-12-5-4-6-13(2)16(12)19-10-9-18-8-7-15(17)14(3)11-18/h4-6,14-15H,7-11,17H2,1-3H3. The molecule has 1 aromatic carbocycles. The monoisotopic (exact) mass is 262 g/mol. The van der Waals surface area contributed by atoms with Crippen LogP contribution in [0.15, 0.2) is 18.2 Å². The molecule has 3 heteroatoms. The molecule has 0 saturated carbocycles. The van der Waals surface area contributed by atoms with E-state index in [0.29, 0.717) is 12.0 Å². The van der Waals surface area contributed by atoms with E-state index in [-0.39, 0.29) is 0 Å². The second-order valence-electron chi connectivity index (χ2n) is 5.80. The van der Waals surface area contributed by atoms with Gasteiger partial charge in [-0.15, -0.1) is 0 Å². The fourth-order valence-corrected chi connectivity index (χ4v) is 2.76. The van der Waals surface area contributed by atoms with Crippen molar-refractivity contribution in [3.8, 4) is 5.75 Å². The first-order chi connectivity index (χ1) is 9.08. The van der Waals surface area contributed by atoms with Gasteiger partial charge in [-0.25, -0.2) is 0 Å². The Hall–Kier alpha value is -1.06. The Kier molecular flexibility index (Phi) is 4.83. The first kappa shape index (κ1) is 14.4. The number of hydrogen-bond acceptors (Lipinski definition) is 3. The van der Waals surface area contributed by atoms with Gasteiger partial charge in [-0.05, 0) is 43.9 Å². The maximum absolute atomic E-state index is 6.04. The summed E-state index contributed by atoms with van der Waals surface area (Å²) < 4.78 is 5.96. The average molecular weight is 262 g/mol. The minimum absolute atomic E-state index is 0.371. The van der Waals surface area contributed by atoms with Crippen LogP contribution in [0.1, 0.15) is 24.5 Å². The maximum atomic E-state index is 6.04. The third-order valence-electron chi connectivity index (χ3n) is 4.12. The molecule has 1 saturated heterocycles. The summed E-state index contributed by atoms with van der Waals surface area (Å²) in [5, 5.41) is 0. The molecule has 0 amide bonds. The molecule has 2 N–H and O–H groups in total. The van der Waals surface area contributed by atoms with Gasteiger partial charge in [0.15, 0.2) is 0 Å². The fourth-order valence-electron chi connectivity index (χ4n) is 2.76. The molecule has 0 radical (unpaired) electrons. The Morgan fingerprint density at radius 1 is 1.32 bits per heavy atom. The molecule has 2 rings (SSSR count). The zero-order valence-corrected chi connectivity index (χ0v) is 12.4. The van der Waals surface area contributed by atoms with Crippen molar-refractivity contribution >= 4 is 0 Å². The summed E-state index contributed by atoms with van der Waals surface area (Å²) in [6.07, 6.45) is 1.10. The van der Waals surface area contributed by atoms with Gasteiger partial charge >= 0.3 is 0 Å². The summed E-state index contributed by atoms with van der Waals surface area (Å²) in [5.41, 5.74) is 8.48. The van der Waals surface area contributed by atoms with Crippen molar-refractivity contribution in [2.24, 2.45) is 11.7 Å². The Labute approximate surface area is 116 Å². The highest BCUT2D eigenvalue weighted by atomic mass is 16.5. The molecule has 0 bridgehead atoms. The number of ether oxygens (including phenoxy) is 1. The van der Waals surface area contributed by atoms with E-state index in [1.165, 1.54) is 11.1 Å². The zero-order chi connectivity index (χ0) is 13.8.